The molecule has 0 aromatic heterocycles. The van der Waals surface area contributed by atoms with E-state index in [-0.39, 0.29) is 0 Å². The van der Waals surface area contributed by atoms with Crippen molar-refractivity contribution in [2.24, 2.45) is 0 Å². The highest BCUT2D eigenvalue weighted by atomic mass is 19.1. The van der Waals surface area contributed by atoms with Gasteiger partial charge < -0.3 is 0 Å². The summed E-state index contributed by atoms with van der Waals surface area (Å²) in [6.45, 7) is 12.4. The fourth-order valence-electron chi connectivity index (χ4n) is 0.319. The van der Waals surface area contributed by atoms with Crippen LogP contribution in [0.1, 0.15) is 48.5 Å². The van der Waals surface area contributed by atoms with Gasteiger partial charge in [-0.3, -0.25) is 0 Å². The third-order valence-corrected chi connectivity index (χ3v) is 0.803. The quantitative estimate of drug-likeness (QED) is 0.502. The van der Waals surface area contributed by atoms with Crippen LogP contribution in [-0.2, 0) is 0 Å². The Balaban J connectivity index is -0.000000218. The van der Waals surface area contributed by atoms with Crippen molar-refractivity contribution < 1.29 is 8.78 Å². The van der Waals surface area contributed by atoms with Crippen LogP contribution in [-0.4, -0.2) is 0 Å². The molecule has 0 N–H and O–H groups in total. The van der Waals surface area contributed by atoms with Crippen LogP contribution in [0.4, 0.5) is 8.78 Å². The summed E-state index contributed by atoms with van der Waals surface area (Å²) in [6, 6.07) is 0. The molecule has 0 rings (SSSR count). The Hall–Kier alpha value is -0.660. The fraction of sp³-hybridized carbons (Fsp3) is 0.636. The average molecular weight is 192 g/mol. The second kappa shape index (κ2) is 13.9. The molecule has 0 spiro atoms. The molecule has 0 nitrogen and oxygen atoms in total. The summed E-state index contributed by atoms with van der Waals surface area (Å²) in [6.07, 6.45) is 0.870. The van der Waals surface area contributed by atoms with Gasteiger partial charge in [-0.2, -0.15) is 0 Å². The summed E-state index contributed by atoms with van der Waals surface area (Å²) in [5.41, 5.74) is 0.493. The smallest absolute Gasteiger partial charge is 0.124 e. The summed E-state index contributed by atoms with van der Waals surface area (Å²) in [5.74, 6) is -0.997. The number of hydrogen-bond acceptors (Lipinski definition) is 0. The van der Waals surface area contributed by atoms with Crippen molar-refractivity contribution in [3.63, 3.8) is 0 Å². The summed E-state index contributed by atoms with van der Waals surface area (Å²) in [7, 11) is 0. The third-order valence-electron chi connectivity index (χ3n) is 0.803. The van der Waals surface area contributed by atoms with E-state index in [9.17, 15) is 8.78 Å². The molecule has 0 atom stereocenters. The SMILES string of the molecule is CC.CC.CC(C)=C(F)/C=C(\C)F. The molecule has 2 heteroatoms. The van der Waals surface area contributed by atoms with E-state index in [1.165, 1.54) is 6.92 Å². The van der Waals surface area contributed by atoms with E-state index in [0.717, 1.165) is 6.08 Å². The maximum absolute atomic E-state index is 12.3. The molecule has 0 fully saturated rings. The van der Waals surface area contributed by atoms with E-state index >= 15 is 0 Å². The van der Waals surface area contributed by atoms with Crippen molar-refractivity contribution in [3.05, 3.63) is 23.3 Å². The van der Waals surface area contributed by atoms with Crippen molar-refractivity contribution in [1.82, 2.24) is 0 Å². The maximum Gasteiger partial charge on any atom is 0.124 e. The summed E-state index contributed by atoms with van der Waals surface area (Å²) >= 11 is 0. The molecule has 0 aromatic carbocycles. The molecule has 0 saturated heterocycles. The first-order valence-electron chi connectivity index (χ1n) is 4.71. The first kappa shape index (κ1) is 18.2. The predicted octanol–water partition coefficient (Wildman–Crippen LogP) is 5.18. The van der Waals surface area contributed by atoms with E-state index in [4.69, 9.17) is 0 Å². The van der Waals surface area contributed by atoms with Gasteiger partial charge in [-0.05, 0) is 26.3 Å². The Morgan fingerprint density at radius 2 is 1.15 bits per heavy atom. The van der Waals surface area contributed by atoms with E-state index < -0.39 is 11.7 Å². The highest BCUT2D eigenvalue weighted by Crippen LogP contribution is 2.09. The zero-order valence-corrected chi connectivity index (χ0v) is 9.83. The van der Waals surface area contributed by atoms with Gasteiger partial charge in [0.25, 0.3) is 0 Å². The minimum atomic E-state index is -0.506. The van der Waals surface area contributed by atoms with Gasteiger partial charge in [-0.25, -0.2) is 8.78 Å². The molecule has 0 amide bonds. The van der Waals surface area contributed by atoms with Crippen LogP contribution in [0, 0.1) is 0 Å². The molecular weight excluding hydrogens is 170 g/mol. The normalized spacial score (nSPS) is 8.85. The van der Waals surface area contributed by atoms with Gasteiger partial charge in [0.2, 0.25) is 0 Å². The monoisotopic (exact) mass is 192 g/mol. The van der Waals surface area contributed by atoms with Crippen LogP contribution in [0.25, 0.3) is 0 Å². The van der Waals surface area contributed by atoms with Crippen LogP contribution >= 0.6 is 0 Å². The first-order chi connectivity index (χ1) is 6.04. The second-order valence-corrected chi connectivity index (χ2v) is 2.08. The lowest BCUT2D eigenvalue weighted by molar-refractivity contribution is 0.609. The maximum atomic E-state index is 12.3. The topological polar surface area (TPSA) is 0 Å². The Labute approximate surface area is 81.4 Å². The van der Waals surface area contributed by atoms with Gasteiger partial charge in [0, 0.05) is 6.08 Å². The zero-order valence-electron chi connectivity index (χ0n) is 9.83. The number of allylic oxidation sites excluding steroid dienone is 4. The Morgan fingerprint density at radius 1 is 0.846 bits per heavy atom. The molecule has 0 saturated carbocycles. The van der Waals surface area contributed by atoms with Crippen molar-refractivity contribution in [1.29, 1.82) is 0 Å². The number of hydrogen-bond donors (Lipinski definition) is 0. The molecule has 0 heterocycles. The lowest BCUT2D eigenvalue weighted by Crippen LogP contribution is -1.71. The van der Waals surface area contributed by atoms with E-state index in [0.29, 0.717) is 5.57 Å². The highest BCUT2D eigenvalue weighted by Gasteiger charge is 1.91. The summed E-state index contributed by atoms with van der Waals surface area (Å²) in [5, 5.41) is 0. The molecular formula is C11H22F2. The molecule has 0 aliphatic rings. The van der Waals surface area contributed by atoms with Crippen LogP contribution in [0.3, 0.4) is 0 Å². The van der Waals surface area contributed by atoms with Gasteiger partial charge >= 0.3 is 0 Å². The standard InChI is InChI=1S/C7H10F2.2C2H6/c1-5(2)7(9)4-6(3)8;2*1-2/h4H,1-3H3;2*1-2H3/b6-4+;;. The average Bonchev–Trinajstić information content (AvgIpc) is 2.10. The molecule has 0 bridgehead atoms. The second-order valence-electron chi connectivity index (χ2n) is 2.08. The summed E-state index contributed by atoms with van der Waals surface area (Å²) < 4.78 is 24.2. The lowest BCUT2D eigenvalue weighted by atomic mass is 10.3. The first-order valence-corrected chi connectivity index (χ1v) is 4.71. The van der Waals surface area contributed by atoms with Crippen molar-refractivity contribution in [3.8, 4) is 0 Å². The minimum absolute atomic E-state index is 0.491. The highest BCUT2D eigenvalue weighted by molar-refractivity contribution is 5.17. The molecule has 0 unspecified atom stereocenters. The zero-order chi connectivity index (χ0) is 11.4. The van der Waals surface area contributed by atoms with Gasteiger partial charge in [0.15, 0.2) is 0 Å². The van der Waals surface area contributed by atoms with Crippen LogP contribution < -0.4 is 0 Å². The van der Waals surface area contributed by atoms with Crippen molar-refractivity contribution in [2.45, 2.75) is 48.5 Å². The summed E-state index contributed by atoms with van der Waals surface area (Å²) in [4.78, 5) is 0. The lowest BCUT2D eigenvalue weighted by Gasteiger charge is -1.89. The number of rotatable bonds is 1. The molecule has 0 aliphatic carbocycles. The third kappa shape index (κ3) is 18.4. The Bertz CT molecular complexity index is 147. The van der Waals surface area contributed by atoms with E-state index in [2.05, 4.69) is 0 Å². The van der Waals surface area contributed by atoms with E-state index in [1.807, 2.05) is 27.7 Å². The van der Waals surface area contributed by atoms with Gasteiger partial charge in [-0.15, -0.1) is 0 Å². The fourth-order valence-corrected chi connectivity index (χ4v) is 0.319. The molecule has 0 radical (unpaired) electrons. The molecule has 0 aromatic rings. The van der Waals surface area contributed by atoms with Crippen molar-refractivity contribution >= 4 is 0 Å². The van der Waals surface area contributed by atoms with Gasteiger partial charge in [0.05, 0.1) is 5.83 Å². The molecule has 0 aliphatic heterocycles. The van der Waals surface area contributed by atoms with Crippen LogP contribution in [0.15, 0.2) is 23.3 Å². The largest absolute Gasteiger partial charge is 0.212 e. The van der Waals surface area contributed by atoms with Crippen molar-refractivity contribution in [2.75, 3.05) is 0 Å². The van der Waals surface area contributed by atoms with Crippen LogP contribution in [0.5, 0.6) is 0 Å². The number of halogens is 2. The van der Waals surface area contributed by atoms with Crippen LogP contribution in [0.2, 0.25) is 0 Å². The minimum Gasteiger partial charge on any atom is -0.212 e. The van der Waals surface area contributed by atoms with Gasteiger partial charge in [-0.1, -0.05) is 27.7 Å². The molecule has 13 heavy (non-hydrogen) atoms. The van der Waals surface area contributed by atoms with Gasteiger partial charge in [0.1, 0.15) is 5.83 Å². The Kier molecular flexibility index (Phi) is 19.4. The predicted molar refractivity (Wildman–Crippen MR) is 57.0 cm³/mol. The van der Waals surface area contributed by atoms with E-state index in [1.54, 1.807) is 13.8 Å². The molecule has 80 valence electrons. The Morgan fingerprint density at radius 3 is 1.23 bits per heavy atom.